The Bertz CT molecular complexity index is 405. The van der Waals surface area contributed by atoms with Crippen molar-refractivity contribution < 1.29 is 0 Å². The van der Waals surface area contributed by atoms with Gasteiger partial charge in [0.2, 0.25) is 0 Å². The number of nitrogens with zero attached hydrogens (tertiary/aromatic N) is 1. The fraction of sp³-hybridized carbons (Fsp3) is 0.750. The third kappa shape index (κ3) is 4.04. The molecule has 2 nitrogen and oxygen atoms in total. The van der Waals surface area contributed by atoms with Crippen LogP contribution >= 0.6 is 11.3 Å². The van der Waals surface area contributed by atoms with Crippen molar-refractivity contribution in [2.24, 2.45) is 5.92 Å². The van der Waals surface area contributed by atoms with E-state index in [0.717, 1.165) is 6.54 Å². The van der Waals surface area contributed by atoms with Crippen LogP contribution < -0.4 is 5.32 Å². The molecule has 1 aromatic heterocycles. The molecule has 0 bridgehead atoms. The zero-order valence-corrected chi connectivity index (χ0v) is 13.8. The molecule has 0 aromatic carbocycles. The van der Waals surface area contributed by atoms with E-state index in [4.69, 9.17) is 0 Å². The number of fused-ring (bicyclic) bond motifs is 1. The van der Waals surface area contributed by atoms with E-state index in [9.17, 15) is 0 Å². The second-order valence-electron chi connectivity index (χ2n) is 6.96. The van der Waals surface area contributed by atoms with E-state index >= 15 is 0 Å². The van der Waals surface area contributed by atoms with Gasteiger partial charge in [-0.25, -0.2) is 0 Å². The highest BCUT2D eigenvalue weighted by Crippen LogP contribution is 2.33. The highest BCUT2D eigenvalue weighted by atomic mass is 32.1. The molecule has 3 heteroatoms. The van der Waals surface area contributed by atoms with Gasteiger partial charge in [-0.3, -0.25) is 4.90 Å². The molecule has 2 rings (SSSR count). The molecule has 2 heterocycles. The molecule has 1 aromatic rings. The summed E-state index contributed by atoms with van der Waals surface area (Å²) in [5, 5.41) is 5.86. The van der Waals surface area contributed by atoms with Crippen molar-refractivity contribution in [2.45, 2.75) is 52.6 Å². The Morgan fingerprint density at radius 2 is 2.21 bits per heavy atom. The zero-order chi connectivity index (χ0) is 14.0. The van der Waals surface area contributed by atoms with Crippen molar-refractivity contribution in [3.63, 3.8) is 0 Å². The average molecular weight is 280 g/mol. The predicted octanol–water partition coefficient (Wildman–Crippen LogP) is 3.69. The molecule has 0 radical (unpaired) electrons. The summed E-state index contributed by atoms with van der Waals surface area (Å²) in [6.45, 7) is 14.9. The molecule has 1 N–H and O–H groups in total. The van der Waals surface area contributed by atoms with Crippen LogP contribution in [0.3, 0.4) is 0 Å². The van der Waals surface area contributed by atoms with Crippen molar-refractivity contribution in [1.82, 2.24) is 10.2 Å². The first-order valence-corrected chi connectivity index (χ1v) is 8.30. The largest absolute Gasteiger partial charge is 0.312 e. The standard InChI is InChI=1S/C16H28N2S/c1-12(10-17-16(3,4)5)11-18-8-6-15-14(13(18)2)7-9-19-15/h7,9,12-13,17H,6,8,10-11H2,1-5H3. The number of thiophene rings is 1. The summed E-state index contributed by atoms with van der Waals surface area (Å²) in [4.78, 5) is 4.24. The minimum absolute atomic E-state index is 0.225. The first-order valence-electron chi connectivity index (χ1n) is 7.42. The predicted molar refractivity (Wildman–Crippen MR) is 84.9 cm³/mol. The number of nitrogens with one attached hydrogen (secondary N) is 1. The topological polar surface area (TPSA) is 15.3 Å². The van der Waals surface area contributed by atoms with E-state index in [2.05, 4.69) is 56.3 Å². The molecular weight excluding hydrogens is 252 g/mol. The van der Waals surface area contributed by atoms with Crippen molar-refractivity contribution in [3.05, 3.63) is 21.9 Å². The van der Waals surface area contributed by atoms with Crippen LogP contribution in [0.1, 0.15) is 51.1 Å². The van der Waals surface area contributed by atoms with Crippen LogP contribution in [-0.2, 0) is 6.42 Å². The van der Waals surface area contributed by atoms with Gasteiger partial charge >= 0.3 is 0 Å². The number of hydrogen-bond donors (Lipinski definition) is 1. The summed E-state index contributed by atoms with van der Waals surface area (Å²) in [6, 6.07) is 2.90. The van der Waals surface area contributed by atoms with Crippen molar-refractivity contribution in [1.29, 1.82) is 0 Å². The molecule has 2 unspecified atom stereocenters. The van der Waals surface area contributed by atoms with Crippen LogP contribution in [-0.4, -0.2) is 30.1 Å². The quantitative estimate of drug-likeness (QED) is 0.905. The second-order valence-corrected chi connectivity index (χ2v) is 7.96. The highest BCUT2D eigenvalue weighted by Gasteiger charge is 2.25. The Kier molecular flexibility index (Phi) is 4.70. The van der Waals surface area contributed by atoms with E-state index in [-0.39, 0.29) is 5.54 Å². The molecular formula is C16H28N2S. The smallest absolute Gasteiger partial charge is 0.0331 e. The fourth-order valence-electron chi connectivity index (χ4n) is 2.76. The van der Waals surface area contributed by atoms with Gasteiger partial charge in [-0.2, -0.15) is 0 Å². The number of hydrogen-bond acceptors (Lipinski definition) is 3. The summed E-state index contributed by atoms with van der Waals surface area (Å²) in [5.41, 5.74) is 1.79. The van der Waals surface area contributed by atoms with Crippen molar-refractivity contribution >= 4 is 11.3 Å². The molecule has 0 fully saturated rings. The van der Waals surface area contributed by atoms with Crippen LogP contribution in [0.4, 0.5) is 0 Å². The maximum atomic E-state index is 3.62. The Hall–Kier alpha value is -0.380. The lowest BCUT2D eigenvalue weighted by Crippen LogP contribution is -2.43. The first-order chi connectivity index (χ1) is 8.87. The SMILES string of the molecule is CC(CNC(C)(C)C)CN1CCc2sccc2C1C. The molecule has 0 spiro atoms. The van der Waals surface area contributed by atoms with Gasteiger partial charge < -0.3 is 5.32 Å². The lowest BCUT2D eigenvalue weighted by Gasteiger charge is -2.36. The molecule has 0 amide bonds. The minimum Gasteiger partial charge on any atom is -0.312 e. The lowest BCUT2D eigenvalue weighted by molar-refractivity contribution is 0.169. The van der Waals surface area contributed by atoms with Gasteiger partial charge in [0, 0.05) is 29.5 Å². The molecule has 0 aliphatic carbocycles. The number of rotatable bonds is 4. The Morgan fingerprint density at radius 3 is 2.89 bits per heavy atom. The molecule has 1 aliphatic heterocycles. The van der Waals surface area contributed by atoms with E-state index in [1.165, 1.54) is 19.5 Å². The summed E-state index contributed by atoms with van der Waals surface area (Å²) >= 11 is 1.92. The summed E-state index contributed by atoms with van der Waals surface area (Å²) < 4.78 is 0. The monoisotopic (exact) mass is 280 g/mol. The van der Waals surface area contributed by atoms with Crippen LogP contribution in [0, 0.1) is 5.92 Å². The second kappa shape index (κ2) is 5.94. The molecule has 108 valence electrons. The molecule has 2 atom stereocenters. The van der Waals surface area contributed by atoms with E-state index in [1.807, 2.05) is 11.3 Å². The summed E-state index contributed by atoms with van der Waals surface area (Å²) in [6.07, 6.45) is 1.23. The molecule has 0 saturated heterocycles. The van der Waals surface area contributed by atoms with Gasteiger partial charge in [-0.15, -0.1) is 11.3 Å². The van der Waals surface area contributed by atoms with Gasteiger partial charge in [0.1, 0.15) is 0 Å². The fourth-order valence-corrected chi connectivity index (χ4v) is 3.72. The Labute approximate surface area is 122 Å². The van der Waals surface area contributed by atoms with Crippen molar-refractivity contribution in [3.8, 4) is 0 Å². The third-order valence-electron chi connectivity index (χ3n) is 3.93. The van der Waals surface area contributed by atoms with Gasteiger partial charge in [0.15, 0.2) is 0 Å². The van der Waals surface area contributed by atoms with E-state index in [0.29, 0.717) is 12.0 Å². The van der Waals surface area contributed by atoms with Gasteiger partial charge in [0.25, 0.3) is 0 Å². The van der Waals surface area contributed by atoms with Crippen LogP contribution in [0.2, 0.25) is 0 Å². The van der Waals surface area contributed by atoms with Gasteiger partial charge in [-0.1, -0.05) is 6.92 Å². The van der Waals surface area contributed by atoms with Crippen LogP contribution in [0.15, 0.2) is 11.4 Å². The lowest BCUT2D eigenvalue weighted by atomic mass is 9.99. The van der Waals surface area contributed by atoms with Gasteiger partial charge in [0.05, 0.1) is 0 Å². The van der Waals surface area contributed by atoms with Crippen LogP contribution in [0.5, 0.6) is 0 Å². The molecule has 1 aliphatic rings. The Balaban J connectivity index is 1.87. The van der Waals surface area contributed by atoms with Gasteiger partial charge in [-0.05, 0) is 63.6 Å². The highest BCUT2D eigenvalue weighted by molar-refractivity contribution is 7.10. The Morgan fingerprint density at radius 1 is 1.47 bits per heavy atom. The normalized spacial score (nSPS) is 22.3. The van der Waals surface area contributed by atoms with E-state index in [1.54, 1.807) is 10.4 Å². The minimum atomic E-state index is 0.225. The first kappa shape index (κ1) is 15.0. The summed E-state index contributed by atoms with van der Waals surface area (Å²) in [5.74, 6) is 0.696. The molecule has 19 heavy (non-hydrogen) atoms. The molecule has 0 saturated carbocycles. The maximum Gasteiger partial charge on any atom is 0.0331 e. The van der Waals surface area contributed by atoms with E-state index < -0.39 is 0 Å². The zero-order valence-electron chi connectivity index (χ0n) is 13.0. The summed E-state index contributed by atoms with van der Waals surface area (Å²) in [7, 11) is 0. The third-order valence-corrected chi connectivity index (χ3v) is 4.93. The van der Waals surface area contributed by atoms with Crippen LogP contribution in [0.25, 0.3) is 0 Å². The average Bonchev–Trinajstić information content (AvgIpc) is 2.78. The van der Waals surface area contributed by atoms with Crippen molar-refractivity contribution in [2.75, 3.05) is 19.6 Å². The maximum absolute atomic E-state index is 3.62.